The molecule has 0 spiro atoms. The number of methoxy groups -OCH3 is 1. The lowest BCUT2D eigenvalue weighted by Crippen LogP contribution is -2.48. The van der Waals surface area contributed by atoms with E-state index in [1.165, 1.54) is 6.08 Å². The number of carbonyl (C=O) groups is 2. The van der Waals surface area contributed by atoms with Crippen LogP contribution in [0.15, 0.2) is 84.9 Å². The van der Waals surface area contributed by atoms with E-state index in [1.54, 1.807) is 49.6 Å². The zero-order chi connectivity index (χ0) is 23.5. The molecule has 3 aromatic rings. The van der Waals surface area contributed by atoms with Crippen LogP contribution in [0.2, 0.25) is 0 Å². The molecular formula is C25H23N3O4S. The molecule has 168 valence electrons. The molecule has 0 aromatic heterocycles. The monoisotopic (exact) mass is 461 g/mol. The standard InChI is InChI=1S/C25H23N3O4S/c1-31-21-12-7-18(8-13-21)9-16-23(29)26-25(33)28-27-24(30)20-10-14-22(15-11-20)32-17-19-5-3-2-4-6-19/h2-16H,17H2,1H3,(H,27,30)(H2,26,28,29,33). The number of benzene rings is 3. The Balaban J connectivity index is 1.41. The Hall–Kier alpha value is -4.17. The Morgan fingerprint density at radius 3 is 2.21 bits per heavy atom. The first-order chi connectivity index (χ1) is 16.0. The van der Waals surface area contributed by atoms with Crippen LogP contribution < -0.4 is 25.6 Å². The van der Waals surface area contributed by atoms with Crippen LogP contribution in [-0.2, 0) is 11.4 Å². The van der Waals surface area contributed by atoms with Gasteiger partial charge < -0.3 is 9.47 Å². The molecule has 0 heterocycles. The van der Waals surface area contributed by atoms with Crippen molar-refractivity contribution in [3.05, 3.63) is 102 Å². The van der Waals surface area contributed by atoms with Gasteiger partial charge >= 0.3 is 0 Å². The fraction of sp³-hybridized carbons (Fsp3) is 0.0800. The van der Waals surface area contributed by atoms with E-state index in [2.05, 4.69) is 16.2 Å². The smallest absolute Gasteiger partial charge is 0.269 e. The molecule has 0 unspecified atom stereocenters. The van der Waals surface area contributed by atoms with Gasteiger partial charge in [0.05, 0.1) is 7.11 Å². The highest BCUT2D eigenvalue weighted by atomic mass is 32.1. The molecule has 0 aliphatic rings. The molecule has 2 amide bonds. The molecule has 0 aliphatic carbocycles. The van der Waals surface area contributed by atoms with Crippen LogP contribution in [0.5, 0.6) is 11.5 Å². The molecular weight excluding hydrogens is 438 g/mol. The van der Waals surface area contributed by atoms with E-state index in [0.717, 1.165) is 16.9 Å². The van der Waals surface area contributed by atoms with Crippen LogP contribution >= 0.6 is 12.2 Å². The molecule has 8 heteroatoms. The second-order valence-corrected chi connectivity index (χ2v) is 7.21. The number of hydrogen-bond donors (Lipinski definition) is 3. The summed E-state index contributed by atoms with van der Waals surface area (Å²) in [5.74, 6) is 0.536. The topological polar surface area (TPSA) is 88.7 Å². The second kappa shape index (κ2) is 12.0. The Kier molecular flexibility index (Phi) is 8.55. The third kappa shape index (κ3) is 7.79. The molecule has 0 saturated carbocycles. The predicted molar refractivity (Wildman–Crippen MR) is 131 cm³/mol. The van der Waals surface area contributed by atoms with Crippen molar-refractivity contribution in [3.63, 3.8) is 0 Å². The van der Waals surface area contributed by atoms with Gasteiger partial charge in [-0.1, -0.05) is 42.5 Å². The molecule has 0 atom stereocenters. The number of carbonyl (C=O) groups excluding carboxylic acids is 2. The third-order valence-corrected chi connectivity index (χ3v) is 4.64. The predicted octanol–water partition coefficient (Wildman–Crippen LogP) is 3.62. The normalized spacial score (nSPS) is 10.3. The average molecular weight is 462 g/mol. The van der Waals surface area contributed by atoms with E-state index in [-0.39, 0.29) is 5.11 Å². The Morgan fingerprint density at radius 1 is 0.879 bits per heavy atom. The quantitative estimate of drug-likeness (QED) is 0.283. The molecule has 3 N–H and O–H groups in total. The Bertz CT molecular complexity index is 1110. The van der Waals surface area contributed by atoms with Gasteiger partial charge in [-0.15, -0.1) is 0 Å². The maximum absolute atomic E-state index is 12.3. The number of hydrogen-bond acceptors (Lipinski definition) is 5. The zero-order valence-corrected chi connectivity index (χ0v) is 18.7. The summed E-state index contributed by atoms with van der Waals surface area (Å²) in [4.78, 5) is 24.3. The largest absolute Gasteiger partial charge is 0.497 e. The van der Waals surface area contributed by atoms with Crippen LogP contribution in [0.25, 0.3) is 6.08 Å². The molecule has 0 bridgehead atoms. The molecule has 33 heavy (non-hydrogen) atoms. The lowest BCUT2D eigenvalue weighted by Gasteiger charge is -2.10. The summed E-state index contributed by atoms with van der Waals surface area (Å²) in [7, 11) is 1.59. The van der Waals surface area contributed by atoms with Gasteiger partial charge in [-0.05, 0) is 65.8 Å². The van der Waals surface area contributed by atoms with Crippen LogP contribution in [0, 0.1) is 0 Å². The van der Waals surface area contributed by atoms with Gasteiger partial charge in [0, 0.05) is 11.6 Å². The second-order valence-electron chi connectivity index (χ2n) is 6.80. The first-order valence-electron chi connectivity index (χ1n) is 10.0. The van der Waals surface area contributed by atoms with Gasteiger partial charge in [-0.25, -0.2) is 0 Å². The summed E-state index contributed by atoms with van der Waals surface area (Å²) in [6.07, 6.45) is 2.98. The van der Waals surface area contributed by atoms with Gasteiger partial charge in [0.25, 0.3) is 5.91 Å². The molecule has 0 saturated heterocycles. The van der Waals surface area contributed by atoms with Gasteiger partial charge in [-0.3, -0.25) is 25.8 Å². The van der Waals surface area contributed by atoms with E-state index in [1.807, 2.05) is 42.5 Å². The minimum absolute atomic E-state index is 0.0319. The molecule has 3 rings (SSSR count). The van der Waals surface area contributed by atoms with Gasteiger partial charge in [0.2, 0.25) is 5.91 Å². The van der Waals surface area contributed by atoms with Gasteiger partial charge in [0.15, 0.2) is 5.11 Å². The molecule has 3 aromatic carbocycles. The Morgan fingerprint density at radius 2 is 1.55 bits per heavy atom. The maximum Gasteiger partial charge on any atom is 0.269 e. The average Bonchev–Trinajstić information content (AvgIpc) is 2.86. The first-order valence-corrected chi connectivity index (χ1v) is 10.4. The highest BCUT2D eigenvalue weighted by Gasteiger charge is 2.07. The van der Waals surface area contributed by atoms with E-state index in [4.69, 9.17) is 21.7 Å². The summed E-state index contributed by atoms with van der Waals surface area (Å²) in [5.41, 5.74) is 7.24. The van der Waals surface area contributed by atoms with Crippen molar-refractivity contribution in [1.29, 1.82) is 0 Å². The van der Waals surface area contributed by atoms with Crippen LogP contribution in [0.3, 0.4) is 0 Å². The highest BCUT2D eigenvalue weighted by molar-refractivity contribution is 7.80. The van der Waals surface area contributed by atoms with Crippen molar-refractivity contribution in [2.45, 2.75) is 6.61 Å². The van der Waals surface area contributed by atoms with Gasteiger partial charge in [-0.2, -0.15) is 0 Å². The summed E-state index contributed by atoms with van der Waals surface area (Å²) in [5, 5.41) is 2.42. The molecule has 0 radical (unpaired) electrons. The van der Waals surface area contributed by atoms with E-state index >= 15 is 0 Å². The van der Waals surface area contributed by atoms with Crippen molar-refractivity contribution in [2.24, 2.45) is 0 Å². The highest BCUT2D eigenvalue weighted by Crippen LogP contribution is 2.14. The summed E-state index contributed by atoms with van der Waals surface area (Å²) in [6.45, 7) is 0.439. The number of rotatable bonds is 7. The fourth-order valence-corrected chi connectivity index (χ4v) is 2.85. The van der Waals surface area contributed by atoms with Crippen molar-refractivity contribution in [2.75, 3.05) is 7.11 Å². The van der Waals surface area contributed by atoms with Crippen molar-refractivity contribution in [1.82, 2.24) is 16.2 Å². The lowest BCUT2D eigenvalue weighted by atomic mass is 10.2. The van der Waals surface area contributed by atoms with Gasteiger partial charge in [0.1, 0.15) is 18.1 Å². The van der Waals surface area contributed by atoms with Crippen molar-refractivity contribution in [3.8, 4) is 11.5 Å². The van der Waals surface area contributed by atoms with Crippen molar-refractivity contribution >= 4 is 35.2 Å². The third-order valence-electron chi connectivity index (χ3n) is 4.43. The molecule has 7 nitrogen and oxygen atoms in total. The van der Waals surface area contributed by atoms with Crippen molar-refractivity contribution < 1.29 is 19.1 Å². The van der Waals surface area contributed by atoms with E-state index < -0.39 is 11.8 Å². The summed E-state index contributed by atoms with van der Waals surface area (Å²) < 4.78 is 10.8. The Labute approximate surface area is 197 Å². The van der Waals surface area contributed by atoms with Crippen LogP contribution in [-0.4, -0.2) is 24.0 Å². The summed E-state index contributed by atoms with van der Waals surface area (Å²) in [6, 6.07) is 23.7. The number of hydrazine groups is 1. The number of nitrogens with one attached hydrogen (secondary N) is 3. The molecule has 0 fully saturated rings. The lowest BCUT2D eigenvalue weighted by molar-refractivity contribution is -0.115. The number of ether oxygens (including phenoxy) is 2. The van der Waals surface area contributed by atoms with E-state index in [9.17, 15) is 9.59 Å². The zero-order valence-electron chi connectivity index (χ0n) is 17.9. The SMILES string of the molecule is COc1ccc(C=CC(=O)NC(=S)NNC(=O)c2ccc(OCc3ccccc3)cc2)cc1. The summed E-state index contributed by atoms with van der Waals surface area (Å²) >= 11 is 5.04. The number of thiocarbonyl (C=S) groups is 1. The number of amides is 2. The van der Waals surface area contributed by atoms with Crippen LogP contribution in [0.4, 0.5) is 0 Å². The minimum Gasteiger partial charge on any atom is -0.497 e. The van der Waals surface area contributed by atoms with E-state index in [0.29, 0.717) is 17.9 Å². The fourth-order valence-electron chi connectivity index (χ4n) is 2.70. The molecule has 0 aliphatic heterocycles. The maximum atomic E-state index is 12.3. The minimum atomic E-state index is -0.433. The van der Waals surface area contributed by atoms with Crippen LogP contribution in [0.1, 0.15) is 21.5 Å². The first kappa shape index (κ1) is 23.5.